The molecule has 0 aliphatic rings. The van der Waals surface area contributed by atoms with Gasteiger partial charge in [0.1, 0.15) is 11.8 Å². The van der Waals surface area contributed by atoms with Crippen molar-refractivity contribution in [2.75, 3.05) is 10.6 Å². The number of para-hydroxylation sites is 1. The molecule has 6 heteroatoms. The largest absolute Gasteiger partial charge is 0.324 e. The number of benzene rings is 2. The van der Waals surface area contributed by atoms with E-state index in [1.165, 1.54) is 12.3 Å². The predicted octanol–water partition coefficient (Wildman–Crippen LogP) is 3.96. The lowest BCUT2D eigenvalue weighted by molar-refractivity contribution is 0.102. The van der Waals surface area contributed by atoms with Gasteiger partial charge in [-0.15, -0.1) is 0 Å². The summed E-state index contributed by atoms with van der Waals surface area (Å²) in [5.74, 6) is -0.0703. The number of aryl methyl sites for hydroxylation is 1. The minimum absolute atomic E-state index is 0.209. The summed E-state index contributed by atoms with van der Waals surface area (Å²) >= 11 is 0. The highest BCUT2D eigenvalue weighted by Crippen LogP contribution is 2.21. The van der Waals surface area contributed by atoms with Crippen LogP contribution in [0, 0.1) is 25.2 Å². The molecule has 128 valence electrons. The fraction of sp³-hybridized carbons (Fsp3) is 0.100. The topological polar surface area (TPSA) is 90.7 Å². The molecule has 26 heavy (non-hydrogen) atoms. The number of rotatable bonds is 4. The second-order valence-corrected chi connectivity index (χ2v) is 5.75. The van der Waals surface area contributed by atoms with Gasteiger partial charge < -0.3 is 10.6 Å². The third-order valence-corrected chi connectivity index (χ3v) is 4.04. The Morgan fingerprint density at radius 2 is 1.81 bits per heavy atom. The Bertz CT molecular complexity index is 1010. The highest BCUT2D eigenvalue weighted by atomic mass is 16.1. The van der Waals surface area contributed by atoms with Crippen LogP contribution in [0.2, 0.25) is 0 Å². The summed E-state index contributed by atoms with van der Waals surface area (Å²) in [4.78, 5) is 20.9. The number of aromatic nitrogens is 2. The Kier molecular flexibility index (Phi) is 4.90. The first-order valence-electron chi connectivity index (χ1n) is 8.05. The van der Waals surface area contributed by atoms with Gasteiger partial charge in [0.15, 0.2) is 0 Å². The molecule has 0 radical (unpaired) electrons. The molecule has 2 N–H and O–H groups in total. The first-order chi connectivity index (χ1) is 12.6. The van der Waals surface area contributed by atoms with Gasteiger partial charge in [-0.25, -0.2) is 9.97 Å². The van der Waals surface area contributed by atoms with Crippen molar-refractivity contribution in [1.29, 1.82) is 5.26 Å². The van der Waals surface area contributed by atoms with Crippen molar-refractivity contribution in [3.63, 3.8) is 0 Å². The minimum atomic E-state index is -0.404. The zero-order valence-electron chi connectivity index (χ0n) is 14.4. The zero-order valence-corrected chi connectivity index (χ0v) is 14.4. The number of anilines is 3. The molecule has 3 aromatic rings. The van der Waals surface area contributed by atoms with Crippen molar-refractivity contribution < 1.29 is 4.79 Å². The lowest BCUT2D eigenvalue weighted by Crippen LogP contribution is -2.15. The van der Waals surface area contributed by atoms with E-state index in [9.17, 15) is 4.79 Å². The average molecular weight is 343 g/mol. The van der Waals surface area contributed by atoms with Crippen molar-refractivity contribution >= 4 is 23.2 Å². The fourth-order valence-corrected chi connectivity index (χ4v) is 2.43. The minimum Gasteiger partial charge on any atom is -0.324 e. The van der Waals surface area contributed by atoms with E-state index < -0.39 is 5.91 Å². The summed E-state index contributed by atoms with van der Waals surface area (Å²) in [5, 5.41) is 15.0. The summed E-state index contributed by atoms with van der Waals surface area (Å²) in [7, 11) is 0. The standard InChI is InChI=1S/C20H17N5O/c1-13-6-5-9-16(14(13)2)24-20-22-11-10-18(25-20)19(26)23-17-8-4-3-7-15(17)12-21/h3-11H,1-2H3,(H,23,26)(H,22,24,25). The number of nitriles is 1. The fourth-order valence-electron chi connectivity index (χ4n) is 2.43. The quantitative estimate of drug-likeness (QED) is 0.748. The highest BCUT2D eigenvalue weighted by Gasteiger charge is 2.12. The molecule has 2 aromatic carbocycles. The van der Waals surface area contributed by atoms with Gasteiger partial charge in [0, 0.05) is 11.9 Å². The predicted molar refractivity (Wildman–Crippen MR) is 100 cm³/mol. The number of carbonyl (C=O) groups excluding carboxylic acids is 1. The molecule has 1 heterocycles. The molecule has 0 bridgehead atoms. The highest BCUT2D eigenvalue weighted by molar-refractivity contribution is 6.03. The van der Waals surface area contributed by atoms with Gasteiger partial charge in [-0.2, -0.15) is 5.26 Å². The van der Waals surface area contributed by atoms with E-state index in [1.807, 2.05) is 38.1 Å². The first kappa shape index (κ1) is 17.1. The molecule has 0 aliphatic heterocycles. The third-order valence-electron chi connectivity index (χ3n) is 4.04. The molecule has 1 aromatic heterocycles. The summed E-state index contributed by atoms with van der Waals surface area (Å²) in [6.45, 7) is 4.03. The van der Waals surface area contributed by atoms with Crippen LogP contribution in [0.3, 0.4) is 0 Å². The van der Waals surface area contributed by atoms with E-state index >= 15 is 0 Å². The van der Waals surface area contributed by atoms with Crippen LogP contribution in [0.25, 0.3) is 0 Å². The monoisotopic (exact) mass is 343 g/mol. The second kappa shape index (κ2) is 7.45. The lowest BCUT2D eigenvalue weighted by Gasteiger charge is -2.11. The van der Waals surface area contributed by atoms with E-state index in [4.69, 9.17) is 5.26 Å². The Morgan fingerprint density at radius 1 is 1.04 bits per heavy atom. The van der Waals surface area contributed by atoms with Gasteiger partial charge in [-0.05, 0) is 49.2 Å². The van der Waals surface area contributed by atoms with Gasteiger partial charge in [-0.3, -0.25) is 4.79 Å². The van der Waals surface area contributed by atoms with Crippen LogP contribution in [-0.2, 0) is 0 Å². The number of nitrogens with one attached hydrogen (secondary N) is 2. The molecule has 0 spiro atoms. The summed E-state index contributed by atoms with van der Waals surface area (Å²) in [6, 6.07) is 16.3. The van der Waals surface area contributed by atoms with Gasteiger partial charge in [-0.1, -0.05) is 24.3 Å². The SMILES string of the molecule is Cc1cccc(Nc2nccc(C(=O)Nc3ccccc3C#N)n2)c1C. The zero-order chi connectivity index (χ0) is 18.5. The van der Waals surface area contributed by atoms with Crippen molar-refractivity contribution in [2.45, 2.75) is 13.8 Å². The van der Waals surface area contributed by atoms with E-state index in [0.29, 0.717) is 17.2 Å². The number of hydrogen-bond donors (Lipinski definition) is 2. The van der Waals surface area contributed by atoms with Gasteiger partial charge in [0.05, 0.1) is 11.3 Å². The van der Waals surface area contributed by atoms with Crippen LogP contribution in [-0.4, -0.2) is 15.9 Å². The van der Waals surface area contributed by atoms with Crippen LogP contribution < -0.4 is 10.6 Å². The number of amides is 1. The molecule has 0 saturated heterocycles. The van der Waals surface area contributed by atoms with E-state index in [-0.39, 0.29) is 5.69 Å². The Morgan fingerprint density at radius 3 is 2.62 bits per heavy atom. The summed E-state index contributed by atoms with van der Waals surface area (Å²) < 4.78 is 0. The lowest BCUT2D eigenvalue weighted by atomic mass is 10.1. The Balaban J connectivity index is 1.82. The van der Waals surface area contributed by atoms with E-state index in [1.54, 1.807) is 24.3 Å². The molecule has 0 fully saturated rings. The van der Waals surface area contributed by atoms with Crippen LogP contribution >= 0.6 is 0 Å². The van der Waals surface area contributed by atoms with Crippen molar-refractivity contribution in [3.8, 4) is 6.07 Å². The number of hydrogen-bond acceptors (Lipinski definition) is 5. The molecule has 0 atom stereocenters. The summed E-state index contributed by atoms with van der Waals surface area (Å²) in [5.41, 5.74) is 4.18. The summed E-state index contributed by atoms with van der Waals surface area (Å²) in [6.07, 6.45) is 1.52. The van der Waals surface area contributed by atoms with Gasteiger partial charge in [0.2, 0.25) is 5.95 Å². The molecule has 3 rings (SSSR count). The van der Waals surface area contributed by atoms with Crippen molar-refractivity contribution in [1.82, 2.24) is 9.97 Å². The van der Waals surface area contributed by atoms with Crippen LogP contribution in [0.1, 0.15) is 27.2 Å². The Hall–Kier alpha value is -3.72. The third kappa shape index (κ3) is 3.68. The maximum Gasteiger partial charge on any atom is 0.274 e. The molecular formula is C20H17N5O. The molecule has 0 aliphatic carbocycles. The van der Waals surface area contributed by atoms with Crippen LogP contribution in [0.15, 0.2) is 54.7 Å². The van der Waals surface area contributed by atoms with E-state index in [0.717, 1.165) is 16.8 Å². The molecule has 6 nitrogen and oxygen atoms in total. The van der Waals surface area contributed by atoms with Crippen LogP contribution in [0.4, 0.5) is 17.3 Å². The first-order valence-corrected chi connectivity index (χ1v) is 8.05. The molecular weight excluding hydrogens is 326 g/mol. The number of nitrogens with zero attached hydrogens (tertiary/aromatic N) is 3. The molecule has 1 amide bonds. The maximum atomic E-state index is 12.5. The second-order valence-electron chi connectivity index (χ2n) is 5.75. The molecule has 0 saturated carbocycles. The number of carbonyl (C=O) groups is 1. The maximum absolute atomic E-state index is 12.5. The van der Waals surface area contributed by atoms with Gasteiger partial charge in [0.25, 0.3) is 5.91 Å². The average Bonchev–Trinajstić information content (AvgIpc) is 2.66. The molecule has 0 unspecified atom stereocenters. The van der Waals surface area contributed by atoms with Gasteiger partial charge >= 0.3 is 0 Å². The normalized spacial score (nSPS) is 10.0. The van der Waals surface area contributed by atoms with Crippen molar-refractivity contribution in [2.24, 2.45) is 0 Å². The Labute approximate surface area is 151 Å². The van der Waals surface area contributed by atoms with Crippen molar-refractivity contribution in [3.05, 3.63) is 77.1 Å². The smallest absolute Gasteiger partial charge is 0.274 e. The van der Waals surface area contributed by atoms with Crippen LogP contribution in [0.5, 0.6) is 0 Å². The van der Waals surface area contributed by atoms with E-state index in [2.05, 4.69) is 20.6 Å².